The largest absolute Gasteiger partial charge is 0.477 e. The van der Waals surface area contributed by atoms with Gasteiger partial charge in [-0.1, -0.05) is 6.92 Å². The van der Waals surface area contributed by atoms with Crippen molar-refractivity contribution in [2.75, 3.05) is 0 Å². The van der Waals surface area contributed by atoms with Crippen molar-refractivity contribution in [3.63, 3.8) is 0 Å². The highest BCUT2D eigenvalue weighted by molar-refractivity contribution is 5.88. The SMILES string of the molecule is CC1(Cn2nc(C3(C(F)F)CC3)c(C(F)(F)F)c2C(=O)O)CC(F)(F)C1. The molecule has 0 aromatic carbocycles. The van der Waals surface area contributed by atoms with Crippen molar-refractivity contribution < 1.29 is 40.6 Å². The van der Waals surface area contributed by atoms with Crippen LogP contribution in [0.1, 0.15) is 54.4 Å². The number of alkyl halides is 7. The van der Waals surface area contributed by atoms with Crippen molar-refractivity contribution in [2.24, 2.45) is 5.41 Å². The van der Waals surface area contributed by atoms with Crippen LogP contribution in [0.3, 0.4) is 0 Å². The van der Waals surface area contributed by atoms with E-state index >= 15 is 0 Å². The van der Waals surface area contributed by atoms with Crippen LogP contribution in [0.2, 0.25) is 0 Å². The smallest absolute Gasteiger partial charge is 0.420 e. The van der Waals surface area contributed by atoms with E-state index in [1.54, 1.807) is 0 Å². The first-order valence-corrected chi connectivity index (χ1v) is 7.79. The summed E-state index contributed by atoms with van der Waals surface area (Å²) in [7, 11) is 0. The summed E-state index contributed by atoms with van der Waals surface area (Å²) in [6.07, 6.45) is -10.1. The normalized spacial score (nSPS) is 23.0. The summed E-state index contributed by atoms with van der Waals surface area (Å²) in [5, 5.41) is 12.8. The third kappa shape index (κ3) is 2.94. The molecule has 2 aliphatic rings. The van der Waals surface area contributed by atoms with Crippen LogP contribution >= 0.6 is 0 Å². The summed E-state index contributed by atoms with van der Waals surface area (Å²) in [6, 6.07) is 0. The maximum absolute atomic E-state index is 13.5. The van der Waals surface area contributed by atoms with E-state index < -0.39 is 71.7 Å². The zero-order valence-corrected chi connectivity index (χ0v) is 13.5. The van der Waals surface area contributed by atoms with Crippen molar-refractivity contribution in [3.8, 4) is 0 Å². The molecule has 1 aromatic heterocycles. The van der Waals surface area contributed by atoms with Gasteiger partial charge in [0.05, 0.1) is 11.1 Å². The molecule has 26 heavy (non-hydrogen) atoms. The topological polar surface area (TPSA) is 55.1 Å². The fourth-order valence-electron chi connectivity index (χ4n) is 3.77. The lowest BCUT2D eigenvalue weighted by Gasteiger charge is -2.44. The minimum absolute atomic E-state index is 0.251. The van der Waals surface area contributed by atoms with Crippen molar-refractivity contribution in [1.29, 1.82) is 0 Å². The predicted molar refractivity (Wildman–Crippen MR) is 73.4 cm³/mol. The van der Waals surface area contributed by atoms with Crippen LogP contribution in [0.5, 0.6) is 0 Å². The number of hydrogen-bond acceptors (Lipinski definition) is 2. The van der Waals surface area contributed by atoms with E-state index in [9.17, 15) is 40.6 Å². The maximum atomic E-state index is 13.5. The van der Waals surface area contributed by atoms with Crippen LogP contribution in [0.4, 0.5) is 30.7 Å². The Morgan fingerprint density at radius 1 is 1.27 bits per heavy atom. The molecule has 4 nitrogen and oxygen atoms in total. The van der Waals surface area contributed by atoms with Gasteiger partial charge in [0.15, 0.2) is 5.69 Å². The van der Waals surface area contributed by atoms with E-state index in [1.807, 2.05) is 0 Å². The van der Waals surface area contributed by atoms with E-state index in [0.717, 1.165) is 0 Å². The zero-order valence-electron chi connectivity index (χ0n) is 13.5. The summed E-state index contributed by atoms with van der Waals surface area (Å²) >= 11 is 0. The molecule has 0 spiro atoms. The van der Waals surface area contributed by atoms with Crippen LogP contribution in [0.25, 0.3) is 0 Å². The molecule has 1 N–H and O–H groups in total. The molecule has 0 atom stereocenters. The number of hydrogen-bond donors (Lipinski definition) is 1. The molecule has 146 valence electrons. The molecular weight excluding hydrogens is 373 g/mol. The van der Waals surface area contributed by atoms with Crippen LogP contribution in [0.15, 0.2) is 0 Å². The van der Waals surface area contributed by atoms with Crippen LogP contribution < -0.4 is 0 Å². The second-order valence-corrected chi connectivity index (χ2v) is 7.51. The summed E-state index contributed by atoms with van der Waals surface area (Å²) in [4.78, 5) is 11.4. The maximum Gasteiger partial charge on any atom is 0.420 e. The second kappa shape index (κ2) is 5.35. The third-order valence-corrected chi connectivity index (χ3v) is 5.02. The highest BCUT2D eigenvalue weighted by atomic mass is 19.4. The fraction of sp³-hybridized carbons (Fsp3) is 0.733. The fourth-order valence-corrected chi connectivity index (χ4v) is 3.77. The lowest BCUT2D eigenvalue weighted by molar-refractivity contribution is -0.160. The Labute approximate surface area is 143 Å². The second-order valence-electron chi connectivity index (χ2n) is 7.51. The molecule has 1 aromatic rings. The van der Waals surface area contributed by atoms with Gasteiger partial charge in [0, 0.05) is 19.4 Å². The van der Waals surface area contributed by atoms with E-state index in [1.165, 1.54) is 6.92 Å². The van der Waals surface area contributed by atoms with Crippen molar-refractivity contribution in [2.45, 2.75) is 63.1 Å². The summed E-state index contributed by atoms with van der Waals surface area (Å²) in [6.45, 7) is 0.845. The van der Waals surface area contributed by atoms with E-state index in [2.05, 4.69) is 5.10 Å². The molecule has 0 unspecified atom stereocenters. The minimum Gasteiger partial charge on any atom is -0.477 e. The Kier molecular flexibility index (Phi) is 3.90. The van der Waals surface area contributed by atoms with Gasteiger partial charge in [0.2, 0.25) is 12.3 Å². The molecule has 0 saturated heterocycles. The Morgan fingerprint density at radius 2 is 1.81 bits per heavy atom. The van der Waals surface area contributed by atoms with Gasteiger partial charge in [-0.15, -0.1) is 0 Å². The first-order chi connectivity index (χ1) is 11.7. The third-order valence-electron chi connectivity index (χ3n) is 5.02. The average molecular weight is 388 g/mol. The number of halogens is 7. The highest BCUT2D eigenvalue weighted by Crippen LogP contribution is 2.57. The quantitative estimate of drug-likeness (QED) is 0.764. The number of carbonyl (C=O) groups is 1. The van der Waals surface area contributed by atoms with Crippen LogP contribution in [-0.2, 0) is 18.1 Å². The van der Waals surface area contributed by atoms with Gasteiger partial charge in [-0.2, -0.15) is 18.3 Å². The Morgan fingerprint density at radius 3 is 2.15 bits per heavy atom. The average Bonchev–Trinajstić information content (AvgIpc) is 3.11. The van der Waals surface area contributed by atoms with Gasteiger partial charge in [0.1, 0.15) is 5.56 Å². The van der Waals surface area contributed by atoms with Crippen molar-refractivity contribution >= 4 is 5.97 Å². The molecule has 0 aliphatic heterocycles. The monoisotopic (exact) mass is 388 g/mol. The first-order valence-electron chi connectivity index (χ1n) is 7.79. The van der Waals surface area contributed by atoms with Gasteiger partial charge in [-0.3, -0.25) is 4.68 Å². The number of rotatable bonds is 5. The van der Waals surface area contributed by atoms with Crippen LogP contribution in [0, 0.1) is 5.41 Å². The molecule has 1 heterocycles. The first kappa shape index (κ1) is 19.0. The molecule has 0 bridgehead atoms. The molecular formula is C15H15F7N2O2. The van der Waals surface area contributed by atoms with E-state index in [4.69, 9.17) is 0 Å². The van der Waals surface area contributed by atoms with Crippen molar-refractivity contribution in [1.82, 2.24) is 9.78 Å². The molecule has 2 aliphatic carbocycles. The summed E-state index contributed by atoms with van der Waals surface area (Å²) < 4.78 is 93.8. The number of carboxylic acids is 1. The number of aromatic carboxylic acids is 1. The Bertz CT molecular complexity index is 742. The van der Waals surface area contributed by atoms with Gasteiger partial charge in [-0.05, 0) is 18.3 Å². The lowest BCUT2D eigenvalue weighted by Crippen LogP contribution is -2.47. The van der Waals surface area contributed by atoms with E-state index in [0.29, 0.717) is 4.68 Å². The van der Waals surface area contributed by atoms with Crippen LogP contribution in [-0.4, -0.2) is 33.2 Å². The van der Waals surface area contributed by atoms with Crippen molar-refractivity contribution in [3.05, 3.63) is 17.0 Å². The van der Waals surface area contributed by atoms with Gasteiger partial charge in [-0.25, -0.2) is 22.4 Å². The molecule has 2 saturated carbocycles. The summed E-state index contributed by atoms with van der Waals surface area (Å²) in [5.41, 5.74) is -7.30. The molecule has 0 radical (unpaired) electrons. The number of aromatic nitrogens is 2. The van der Waals surface area contributed by atoms with E-state index in [-0.39, 0.29) is 12.8 Å². The Hall–Kier alpha value is -1.81. The van der Waals surface area contributed by atoms with Gasteiger partial charge >= 0.3 is 12.1 Å². The van der Waals surface area contributed by atoms with Gasteiger partial charge in [0.25, 0.3) is 0 Å². The number of carboxylic acid groups (broad SMARTS) is 1. The lowest BCUT2D eigenvalue weighted by atomic mass is 9.67. The number of nitrogens with zero attached hydrogens (tertiary/aromatic N) is 2. The molecule has 3 rings (SSSR count). The molecule has 0 amide bonds. The van der Waals surface area contributed by atoms with Gasteiger partial charge < -0.3 is 5.11 Å². The highest BCUT2D eigenvalue weighted by Gasteiger charge is 2.60. The summed E-state index contributed by atoms with van der Waals surface area (Å²) in [5.74, 6) is -4.97. The predicted octanol–water partition coefficient (Wildman–Crippen LogP) is 4.33. The molecule has 11 heteroatoms. The zero-order chi connectivity index (χ0) is 19.7. The Balaban J connectivity index is 2.11. The standard InChI is InChI=1S/C15H15F7N2O2/c1-12(4-14(18,19)5-12)6-24-8(10(25)26)7(15(20,21)22)9(23-24)13(2-3-13)11(16)17/h11H,2-6H2,1H3,(H,25,26). The minimum atomic E-state index is -5.21. The molecule has 2 fully saturated rings.